The van der Waals surface area contributed by atoms with Crippen LogP contribution in [0.2, 0.25) is 0 Å². The summed E-state index contributed by atoms with van der Waals surface area (Å²) in [5.41, 5.74) is 9.83. The van der Waals surface area contributed by atoms with Gasteiger partial charge in [-0.1, -0.05) is 78.9 Å². The normalized spacial score (nSPS) is 11.8. The molecule has 0 aliphatic rings. The van der Waals surface area contributed by atoms with Crippen LogP contribution in [0.25, 0.3) is 0 Å². The zero-order valence-electron chi connectivity index (χ0n) is 15.8. The maximum Gasteiger partial charge on any atom is 0.0596 e. The first-order chi connectivity index (χ1) is 12.6. The lowest BCUT2D eigenvalue weighted by Gasteiger charge is -2.38. The molecule has 0 aromatic heterocycles. The van der Waals surface area contributed by atoms with E-state index in [1.165, 1.54) is 33.4 Å². The fourth-order valence-electron chi connectivity index (χ4n) is 4.16. The van der Waals surface area contributed by atoms with Gasteiger partial charge in [-0.05, 0) is 60.6 Å². The molecule has 129 valence electrons. The third-order valence-electron chi connectivity index (χ3n) is 5.36. The van der Waals surface area contributed by atoms with Gasteiger partial charge in [-0.25, -0.2) is 0 Å². The van der Waals surface area contributed by atoms with Gasteiger partial charge in [0.1, 0.15) is 0 Å². The van der Waals surface area contributed by atoms with Crippen LogP contribution >= 0.6 is 0 Å². The van der Waals surface area contributed by atoms with E-state index < -0.39 is 0 Å². The average molecular weight is 354 g/mol. The highest BCUT2D eigenvalue weighted by molar-refractivity contribution is 6.16. The van der Waals surface area contributed by atoms with Crippen molar-refractivity contribution >= 4 is 10.2 Å². The molecule has 0 aliphatic carbocycles. The van der Waals surface area contributed by atoms with E-state index in [9.17, 15) is 0 Å². The number of aryl methyl sites for hydroxylation is 3. The molecule has 0 fully saturated rings. The minimum Gasteiger partial charge on any atom is -0.106 e. The van der Waals surface area contributed by atoms with Crippen molar-refractivity contribution < 1.29 is 0 Å². The maximum absolute atomic E-state index is 3.55. The Morgan fingerprint density at radius 3 is 1.31 bits per heavy atom. The number of hydrogen-bond acceptors (Lipinski definition) is 0. The number of hydrogen-bond donors (Lipinski definition) is 0. The predicted octanol–water partition coefficient (Wildman–Crippen LogP) is 6.02. The summed E-state index contributed by atoms with van der Waals surface area (Å²) in [4.78, 5) is 0. The molecule has 0 spiro atoms. The van der Waals surface area contributed by atoms with Gasteiger partial charge in [-0.15, -0.1) is 5.70 Å². The Balaban J connectivity index is 2.45. The minimum absolute atomic E-state index is 0.217. The molecule has 3 rings (SSSR count). The van der Waals surface area contributed by atoms with Gasteiger partial charge >= 0.3 is 0 Å². The van der Waals surface area contributed by atoms with Gasteiger partial charge in [0, 0.05) is 5.41 Å². The van der Waals surface area contributed by atoms with E-state index >= 15 is 0 Å². The predicted molar refractivity (Wildman–Crippen MR) is 113 cm³/mol. The molecule has 0 atom stereocenters. The van der Waals surface area contributed by atoms with Crippen molar-refractivity contribution in [1.82, 2.24) is 0 Å². The SMILES string of the molecule is Cc1ccccc1C(CC=C[Si])(c1ccccc1C)c1ccccc1C. The van der Waals surface area contributed by atoms with Gasteiger partial charge < -0.3 is 0 Å². The molecular weight excluding hydrogens is 328 g/mol. The molecule has 3 aromatic rings. The maximum atomic E-state index is 3.55. The third kappa shape index (κ3) is 3.20. The zero-order chi connectivity index (χ0) is 18.6. The van der Waals surface area contributed by atoms with Crippen molar-refractivity contribution in [2.24, 2.45) is 0 Å². The number of rotatable bonds is 5. The molecule has 3 aromatic carbocycles. The molecule has 26 heavy (non-hydrogen) atoms. The third-order valence-corrected chi connectivity index (χ3v) is 5.59. The summed E-state index contributed by atoms with van der Waals surface area (Å²) in [5.74, 6) is 0. The first kappa shape index (κ1) is 18.4. The van der Waals surface area contributed by atoms with Crippen LogP contribution in [-0.2, 0) is 5.41 Å². The smallest absolute Gasteiger partial charge is 0.0596 e. The van der Waals surface area contributed by atoms with E-state index in [4.69, 9.17) is 0 Å². The molecule has 0 saturated heterocycles. The van der Waals surface area contributed by atoms with Crippen molar-refractivity contribution in [3.8, 4) is 0 Å². The molecule has 0 heterocycles. The molecule has 0 saturated carbocycles. The summed E-state index contributed by atoms with van der Waals surface area (Å²) in [6.07, 6.45) is 3.12. The minimum atomic E-state index is -0.217. The highest BCUT2D eigenvalue weighted by Crippen LogP contribution is 2.46. The Bertz CT molecular complexity index is 810. The second-order valence-electron chi connectivity index (χ2n) is 6.96. The van der Waals surface area contributed by atoms with Gasteiger partial charge in [0.25, 0.3) is 0 Å². The summed E-state index contributed by atoms with van der Waals surface area (Å²) in [6.45, 7) is 6.66. The quantitative estimate of drug-likeness (QED) is 0.389. The van der Waals surface area contributed by atoms with E-state index in [-0.39, 0.29) is 5.41 Å². The van der Waals surface area contributed by atoms with Crippen molar-refractivity contribution in [3.63, 3.8) is 0 Å². The Kier molecular flexibility index (Phi) is 5.58. The van der Waals surface area contributed by atoms with Gasteiger partial charge in [0.05, 0.1) is 10.2 Å². The fraction of sp³-hybridized carbons (Fsp3) is 0.200. The standard InChI is InChI=1S/C25H25Si/c1-19-11-4-7-14-22(19)25(17-10-18-26,23-15-8-5-12-20(23)2)24-16-9-6-13-21(24)3/h4-16,18H,17H2,1-3H3. The van der Waals surface area contributed by atoms with Gasteiger partial charge in [0.15, 0.2) is 0 Å². The van der Waals surface area contributed by atoms with E-state index in [1.807, 2.05) is 5.70 Å². The van der Waals surface area contributed by atoms with Crippen LogP contribution in [-0.4, -0.2) is 10.2 Å². The molecule has 0 aliphatic heterocycles. The Morgan fingerprint density at radius 1 is 0.654 bits per heavy atom. The number of benzene rings is 3. The van der Waals surface area contributed by atoms with Crippen LogP contribution in [0.4, 0.5) is 0 Å². The molecule has 0 bridgehead atoms. The first-order valence-corrected chi connectivity index (χ1v) is 9.69. The van der Waals surface area contributed by atoms with E-state index in [1.54, 1.807) is 0 Å². The van der Waals surface area contributed by atoms with Crippen LogP contribution in [0.15, 0.2) is 84.6 Å². The molecule has 3 radical (unpaired) electrons. The van der Waals surface area contributed by atoms with Crippen LogP contribution < -0.4 is 0 Å². The van der Waals surface area contributed by atoms with E-state index in [2.05, 4.69) is 110 Å². The fourth-order valence-corrected chi connectivity index (χ4v) is 4.27. The largest absolute Gasteiger partial charge is 0.106 e. The molecule has 0 N–H and O–H groups in total. The lowest BCUT2D eigenvalue weighted by atomic mass is 9.64. The number of allylic oxidation sites excluding steroid dienone is 1. The second kappa shape index (κ2) is 7.88. The van der Waals surface area contributed by atoms with Gasteiger partial charge in [-0.2, -0.15) is 0 Å². The van der Waals surface area contributed by atoms with E-state index in [0.29, 0.717) is 0 Å². The first-order valence-electron chi connectivity index (χ1n) is 9.12. The van der Waals surface area contributed by atoms with Crippen molar-refractivity contribution in [2.45, 2.75) is 32.6 Å². The van der Waals surface area contributed by atoms with Gasteiger partial charge in [0.2, 0.25) is 0 Å². The summed E-state index contributed by atoms with van der Waals surface area (Å²) in [6, 6.07) is 26.4. The highest BCUT2D eigenvalue weighted by Gasteiger charge is 2.38. The van der Waals surface area contributed by atoms with Gasteiger partial charge in [-0.3, -0.25) is 0 Å². The molecule has 1 heteroatoms. The van der Waals surface area contributed by atoms with Crippen molar-refractivity contribution in [1.29, 1.82) is 0 Å². The lowest BCUT2D eigenvalue weighted by molar-refractivity contribution is 0.615. The summed E-state index contributed by atoms with van der Waals surface area (Å²) < 4.78 is 0. The molecule has 0 nitrogen and oxygen atoms in total. The average Bonchev–Trinajstić information content (AvgIpc) is 2.65. The summed E-state index contributed by atoms with van der Waals surface area (Å²) >= 11 is 0. The monoisotopic (exact) mass is 353 g/mol. The van der Waals surface area contributed by atoms with Crippen LogP contribution in [0, 0.1) is 20.8 Å². The lowest BCUT2D eigenvalue weighted by Crippen LogP contribution is -2.31. The van der Waals surface area contributed by atoms with Crippen molar-refractivity contribution in [2.75, 3.05) is 0 Å². The molecular formula is C25H25Si. The summed E-state index contributed by atoms with van der Waals surface area (Å²) in [5, 5.41) is 0. The second-order valence-corrected chi connectivity index (χ2v) is 7.29. The zero-order valence-corrected chi connectivity index (χ0v) is 16.8. The Hall–Kier alpha value is -2.38. The highest BCUT2D eigenvalue weighted by atomic mass is 28.1. The molecule has 0 amide bonds. The van der Waals surface area contributed by atoms with E-state index in [0.717, 1.165) is 6.42 Å². The van der Waals surface area contributed by atoms with Crippen LogP contribution in [0.1, 0.15) is 39.8 Å². The Labute approximate surface area is 161 Å². The Morgan fingerprint density at radius 2 is 1.00 bits per heavy atom. The van der Waals surface area contributed by atoms with Crippen LogP contribution in [0.3, 0.4) is 0 Å². The van der Waals surface area contributed by atoms with Crippen LogP contribution in [0.5, 0.6) is 0 Å². The molecule has 0 unspecified atom stereocenters. The topological polar surface area (TPSA) is 0 Å². The van der Waals surface area contributed by atoms with Crippen molar-refractivity contribution in [3.05, 3.63) is 118 Å². The summed E-state index contributed by atoms with van der Waals surface area (Å²) in [7, 11) is 3.55.